The van der Waals surface area contributed by atoms with Gasteiger partial charge < -0.3 is 15.2 Å². The molecule has 0 saturated heterocycles. The summed E-state index contributed by atoms with van der Waals surface area (Å²) in [5, 5.41) is 0. The molecule has 1 fully saturated rings. The summed E-state index contributed by atoms with van der Waals surface area (Å²) in [6.45, 7) is 4.78. The molecule has 0 unspecified atom stereocenters. The van der Waals surface area contributed by atoms with Crippen molar-refractivity contribution in [3.05, 3.63) is 41.5 Å². The van der Waals surface area contributed by atoms with Crippen LogP contribution < -0.4 is 15.2 Å². The molecule has 3 rings (SSSR count). The first kappa shape index (κ1) is 13.7. The molecule has 2 N–H and O–H groups in total. The van der Waals surface area contributed by atoms with E-state index in [4.69, 9.17) is 15.2 Å². The molecule has 0 atom stereocenters. The first-order valence-electron chi connectivity index (χ1n) is 7.27. The van der Waals surface area contributed by atoms with Gasteiger partial charge in [0.25, 0.3) is 0 Å². The van der Waals surface area contributed by atoms with Crippen LogP contribution >= 0.6 is 0 Å². The third kappa shape index (κ3) is 3.27. The topological polar surface area (TPSA) is 57.4 Å². The van der Waals surface area contributed by atoms with Gasteiger partial charge in [-0.1, -0.05) is 12.1 Å². The minimum atomic E-state index is 0.463. The van der Waals surface area contributed by atoms with Crippen molar-refractivity contribution in [2.45, 2.75) is 26.7 Å². The molecule has 0 amide bonds. The Hall–Kier alpha value is -2.23. The normalized spacial score (nSPS) is 14.0. The molecule has 0 spiro atoms. The predicted molar refractivity (Wildman–Crippen MR) is 82.9 cm³/mol. The van der Waals surface area contributed by atoms with Crippen LogP contribution in [0.4, 0.5) is 5.69 Å². The molecule has 4 nitrogen and oxygen atoms in total. The smallest absolute Gasteiger partial charge is 0.240 e. The molecule has 21 heavy (non-hydrogen) atoms. The van der Waals surface area contributed by atoms with E-state index >= 15 is 0 Å². The van der Waals surface area contributed by atoms with Gasteiger partial charge in [-0.25, -0.2) is 0 Å². The molecule has 1 aliphatic rings. The van der Waals surface area contributed by atoms with Crippen LogP contribution in [-0.4, -0.2) is 11.6 Å². The van der Waals surface area contributed by atoms with Gasteiger partial charge in [0.05, 0.1) is 12.3 Å². The minimum Gasteiger partial charge on any atom is -0.476 e. The fourth-order valence-electron chi connectivity index (χ4n) is 2.04. The Morgan fingerprint density at radius 1 is 1.19 bits per heavy atom. The third-order valence-corrected chi connectivity index (χ3v) is 3.79. The second-order valence-electron chi connectivity index (χ2n) is 5.60. The molecular formula is C17H20N2O2. The minimum absolute atomic E-state index is 0.463. The predicted octanol–water partition coefficient (Wildman–Crippen LogP) is 3.86. The number of aromatic nitrogens is 1. The molecule has 1 heterocycles. The molecule has 0 radical (unpaired) electrons. The summed E-state index contributed by atoms with van der Waals surface area (Å²) in [7, 11) is 0. The van der Waals surface area contributed by atoms with Crippen LogP contribution in [0.2, 0.25) is 0 Å². The number of aryl methyl sites for hydroxylation is 1. The standard InChI is InChI=1S/C17H20N2O2/c1-11-4-3-5-15(12(11)2)21-16-9-8-14(18)17(19-16)20-10-13-6-7-13/h3-5,8-9,13H,6-7,10,18H2,1-2H3. The Morgan fingerprint density at radius 2 is 2.00 bits per heavy atom. The van der Waals surface area contributed by atoms with Crippen molar-refractivity contribution in [2.24, 2.45) is 5.92 Å². The zero-order valence-electron chi connectivity index (χ0n) is 12.4. The van der Waals surface area contributed by atoms with Crippen molar-refractivity contribution in [3.63, 3.8) is 0 Å². The van der Waals surface area contributed by atoms with Crippen molar-refractivity contribution in [1.29, 1.82) is 0 Å². The van der Waals surface area contributed by atoms with Crippen LogP contribution in [0.15, 0.2) is 30.3 Å². The summed E-state index contributed by atoms with van der Waals surface area (Å²) in [6, 6.07) is 9.50. The molecule has 1 aromatic carbocycles. The fraction of sp³-hybridized carbons (Fsp3) is 0.353. The lowest BCUT2D eigenvalue weighted by Crippen LogP contribution is -2.04. The van der Waals surface area contributed by atoms with Gasteiger partial charge in [0, 0.05) is 6.07 Å². The van der Waals surface area contributed by atoms with Crippen LogP contribution in [0.5, 0.6) is 17.5 Å². The lowest BCUT2D eigenvalue weighted by Gasteiger charge is -2.12. The van der Waals surface area contributed by atoms with E-state index in [2.05, 4.69) is 18.0 Å². The van der Waals surface area contributed by atoms with Crippen molar-refractivity contribution in [2.75, 3.05) is 12.3 Å². The maximum atomic E-state index is 5.90. The second-order valence-corrected chi connectivity index (χ2v) is 5.60. The SMILES string of the molecule is Cc1cccc(Oc2ccc(N)c(OCC3CC3)n2)c1C. The Morgan fingerprint density at radius 3 is 2.76 bits per heavy atom. The lowest BCUT2D eigenvalue weighted by molar-refractivity contribution is 0.286. The molecule has 1 saturated carbocycles. The number of nitrogens with zero attached hydrogens (tertiary/aromatic N) is 1. The van der Waals surface area contributed by atoms with E-state index in [1.54, 1.807) is 12.1 Å². The Labute approximate surface area is 124 Å². The van der Waals surface area contributed by atoms with Crippen LogP contribution in [0.25, 0.3) is 0 Å². The molecule has 2 aromatic rings. The first-order chi connectivity index (χ1) is 10.1. The van der Waals surface area contributed by atoms with Crippen molar-refractivity contribution < 1.29 is 9.47 Å². The number of benzene rings is 1. The summed E-state index contributed by atoms with van der Waals surface area (Å²) in [6.07, 6.45) is 2.47. The first-order valence-corrected chi connectivity index (χ1v) is 7.27. The number of anilines is 1. The van der Waals surface area contributed by atoms with Crippen LogP contribution in [-0.2, 0) is 0 Å². The van der Waals surface area contributed by atoms with Crippen LogP contribution in [0, 0.1) is 19.8 Å². The van der Waals surface area contributed by atoms with E-state index in [1.807, 2.05) is 19.1 Å². The Bertz CT molecular complexity index is 651. The highest BCUT2D eigenvalue weighted by molar-refractivity contribution is 5.50. The number of rotatable bonds is 5. The van der Waals surface area contributed by atoms with E-state index in [-0.39, 0.29) is 0 Å². The largest absolute Gasteiger partial charge is 0.476 e. The second kappa shape index (κ2) is 5.64. The van der Waals surface area contributed by atoms with Gasteiger partial charge >= 0.3 is 0 Å². The van der Waals surface area contributed by atoms with Gasteiger partial charge in [-0.05, 0) is 55.9 Å². The average Bonchev–Trinajstić information content (AvgIpc) is 3.28. The molecular weight excluding hydrogens is 264 g/mol. The average molecular weight is 284 g/mol. The molecule has 0 bridgehead atoms. The van der Waals surface area contributed by atoms with Crippen molar-refractivity contribution in [3.8, 4) is 17.5 Å². The molecule has 0 aliphatic heterocycles. The Kier molecular flexibility index (Phi) is 3.69. The number of ether oxygens (including phenoxy) is 2. The highest BCUT2D eigenvalue weighted by Crippen LogP contribution is 2.32. The molecule has 1 aliphatic carbocycles. The number of nitrogen functional groups attached to an aromatic ring is 1. The third-order valence-electron chi connectivity index (χ3n) is 3.79. The van der Waals surface area contributed by atoms with E-state index in [0.717, 1.165) is 11.3 Å². The van der Waals surface area contributed by atoms with Crippen LogP contribution in [0.3, 0.4) is 0 Å². The van der Waals surface area contributed by atoms with Gasteiger partial charge in [0.15, 0.2) is 0 Å². The maximum Gasteiger partial charge on any atom is 0.240 e. The van der Waals surface area contributed by atoms with Gasteiger partial charge in [-0.2, -0.15) is 4.98 Å². The van der Waals surface area contributed by atoms with E-state index in [1.165, 1.54) is 18.4 Å². The van der Waals surface area contributed by atoms with Crippen molar-refractivity contribution >= 4 is 5.69 Å². The molecule has 1 aromatic heterocycles. The molecule has 4 heteroatoms. The summed E-state index contributed by atoms with van der Waals surface area (Å²) >= 11 is 0. The highest BCUT2D eigenvalue weighted by atomic mass is 16.5. The van der Waals surface area contributed by atoms with Crippen LogP contribution in [0.1, 0.15) is 24.0 Å². The summed E-state index contributed by atoms with van der Waals surface area (Å²) in [5.74, 6) is 2.43. The van der Waals surface area contributed by atoms with E-state index < -0.39 is 0 Å². The molecule has 110 valence electrons. The monoisotopic (exact) mass is 284 g/mol. The lowest BCUT2D eigenvalue weighted by atomic mass is 10.1. The van der Waals surface area contributed by atoms with Gasteiger partial charge in [0.1, 0.15) is 5.75 Å². The van der Waals surface area contributed by atoms with Gasteiger partial charge in [-0.3, -0.25) is 0 Å². The van der Waals surface area contributed by atoms with E-state index in [0.29, 0.717) is 30.0 Å². The number of hydrogen-bond acceptors (Lipinski definition) is 4. The van der Waals surface area contributed by atoms with E-state index in [9.17, 15) is 0 Å². The summed E-state index contributed by atoms with van der Waals surface area (Å²) in [4.78, 5) is 4.37. The number of pyridine rings is 1. The fourth-order valence-corrected chi connectivity index (χ4v) is 2.04. The number of hydrogen-bond donors (Lipinski definition) is 1. The van der Waals surface area contributed by atoms with Gasteiger partial charge in [-0.15, -0.1) is 0 Å². The number of nitrogens with two attached hydrogens (primary N) is 1. The zero-order valence-corrected chi connectivity index (χ0v) is 12.4. The summed E-state index contributed by atoms with van der Waals surface area (Å²) in [5.41, 5.74) is 8.74. The van der Waals surface area contributed by atoms with Gasteiger partial charge in [0.2, 0.25) is 11.8 Å². The van der Waals surface area contributed by atoms with Crippen molar-refractivity contribution in [1.82, 2.24) is 4.98 Å². The zero-order chi connectivity index (χ0) is 14.8. The quantitative estimate of drug-likeness (QED) is 0.905. The summed E-state index contributed by atoms with van der Waals surface area (Å²) < 4.78 is 11.5. The maximum absolute atomic E-state index is 5.90. The highest BCUT2D eigenvalue weighted by Gasteiger charge is 2.22. The Balaban J connectivity index is 1.78.